The van der Waals surface area contributed by atoms with Gasteiger partial charge < -0.3 is 14.0 Å². The van der Waals surface area contributed by atoms with Gasteiger partial charge >= 0.3 is 0 Å². The summed E-state index contributed by atoms with van der Waals surface area (Å²) in [6.07, 6.45) is 7.66. The molecule has 0 aromatic carbocycles. The highest BCUT2D eigenvalue weighted by Gasteiger charge is 2.14. The smallest absolute Gasteiger partial charge is 0.201 e. The molecule has 8 heteroatoms. The Morgan fingerprint density at radius 1 is 1.12 bits per heavy atom. The van der Waals surface area contributed by atoms with Crippen molar-refractivity contribution in [1.82, 2.24) is 29.4 Å². The van der Waals surface area contributed by atoms with Crippen LogP contribution in [0.5, 0.6) is 0 Å². The van der Waals surface area contributed by atoms with Crippen LogP contribution < -0.4 is 4.90 Å². The van der Waals surface area contributed by atoms with Gasteiger partial charge in [-0.3, -0.25) is 0 Å². The molecule has 0 bridgehead atoms. The van der Waals surface area contributed by atoms with Crippen molar-refractivity contribution in [1.29, 1.82) is 0 Å². The molecule has 0 spiro atoms. The number of pyridine rings is 2. The molecular formula is C17H17N7O. The van der Waals surface area contributed by atoms with Gasteiger partial charge in [0.1, 0.15) is 11.2 Å². The first kappa shape index (κ1) is 14.4. The molecule has 8 nitrogen and oxygen atoms in total. The quantitative estimate of drug-likeness (QED) is 0.563. The molecule has 25 heavy (non-hydrogen) atoms. The number of hydrogen-bond donors (Lipinski definition) is 0. The second-order valence-electron chi connectivity index (χ2n) is 6.11. The summed E-state index contributed by atoms with van der Waals surface area (Å²) < 4.78 is 9.32. The monoisotopic (exact) mass is 335 g/mol. The van der Waals surface area contributed by atoms with E-state index in [-0.39, 0.29) is 0 Å². The summed E-state index contributed by atoms with van der Waals surface area (Å²) in [5.41, 5.74) is 4.76. The van der Waals surface area contributed by atoms with Gasteiger partial charge in [0, 0.05) is 31.7 Å². The maximum Gasteiger partial charge on any atom is 0.201 e. The maximum atomic E-state index is 5.43. The fraction of sp³-hybridized carbons (Fsp3) is 0.294. The van der Waals surface area contributed by atoms with Crippen LogP contribution in [0, 0.1) is 0 Å². The second-order valence-corrected chi connectivity index (χ2v) is 6.11. The summed E-state index contributed by atoms with van der Waals surface area (Å²) in [6.45, 7) is 3.90. The topological polar surface area (TPSA) is 73.4 Å². The van der Waals surface area contributed by atoms with E-state index in [9.17, 15) is 0 Å². The van der Waals surface area contributed by atoms with E-state index >= 15 is 0 Å². The summed E-state index contributed by atoms with van der Waals surface area (Å²) in [5, 5.41) is 8.47. The minimum Gasteiger partial charge on any atom is -0.378 e. The number of morpholine rings is 1. The molecule has 1 aliphatic rings. The number of hydrogen-bond acceptors (Lipinski definition) is 6. The highest BCUT2D eigenvalue weighted by atomic mass is 16.5. The third-order valence-corrected chi connectivity index (χ3v) is 4.52. The molecule has 0 unspecified atom stereocenters. The lowest BCUT2D eigenvalue weighted by atomic mass is 10.2. The molecule has 126 valence electrons. The lowest BCUT2D eigenvalue weighted by Crippen LogP contribution is -2.36. The van der Waals surface area contributed by atoms with Gasteiger partial charge in [-0.15, -0.1) is 5.10 Å². The summed E-state index contributed by atoms with van der Waals surface area (Å²) in [4.78, 5) is 11.0. The molecular weight excluding hydrogens is 318 g/mol. The van der Waals surface area contributed by atoms with Gasteiger partial charge in [-0.05, 0) is 17.7 Å². The normalized spacial score (nSPS) is 15.3. The average Bonchev–Trinajstić information content (AvgIpc) is 3.29. The van der Waals surface area contributed by atoms with Crippen LogP contribution >= 0.6 is 0 Å². The van der Waals surface area contributed by atoms with E-state index in [1.165, 1.54) is 0 Å². The lowest BCUT2D eigenvalue weighted by molar-refractivity contribution is 0.122. The molecule has 5 rings (SSSR count). The Labute approximate surface area is 143 Å². The molecule has 0 aliphatic carbocycles. The molecule has 0 amide bonds. The van der Waals surface area contributed by atoms with E-state index in [1.807, 2.05) is 27.5 Å². The van der Waals surface area contributed by atoms with Crippen LogP contribution in [0.15, 0.2) is 43.0 Å². The number of fused-ring (bicyclic) bond motifs is 2. The van der Waals surface area contributed by atoms with Crippen molar-refractivity contribution in [2.75, 3.05) is 31.2 Å². The maximum absolute atomic E-state index is 5.43. The van der Waals surface area contributed by atoms with Crippen LogP contribution in [0.25, 0.3) is 16.8 Å². The Kier molecular flexibility index (Phi) is 3.34. The number of nitrogens with zero attached hydrogens (tertiary/aromatic N) is 7. The van der Waals surface area contributed by atoms with Crippen molar-refractivity contribution in [3.8, 4) is 0 Å². The van der Waals surface area contributed by atoms with Gasteiger partial charge in [-0.1, -0.05) is 11.3 Å². The van der Waals surface area contributed by atoms with Crippen molar-refractivity contribution in [3.05, 3.63) is 48.5 Å². The zero-order chi connectivity index (χ0) is 16.6. The first-order valence-corrected chi connectivity index (χ1v) is 8.30. The number of ether oxygens (including phenoxy) is 1. The Morgan fingerprint density at radius 3 is 2.96 bits per heavy atom. The molecule has 1 aliphatic heterocycles. The van der Waals surface area contributed by atoms with Crippen LogP contribution in [0.3, 0.4) is 0 Å². The van der Waals surface area contributed by atoms with Crippen LogP contribution in [-0.2, 0) is 11.3 Å². The minimum absolute atomic E-state index is 0.638. The van der Waals surface area contributed by atoms with Gasteiger partial charge in [-0.2, -0.15) is 0 Å². The summed E-state index contributed by atoms with van der Waals surface area (Å²) in [6, 6.07) is 6.18. The zero-order valence-electron chi connectivity index (χ0n) is 13.6. The lowest BCUT2D eigenvalue weighted by Gasteiger charge is -2.28. The first-order valence-electron chi connectivity index (χ1n) is 8.30. The van der Waals surface area contributed by atoms with Crippen molar-refractivity contribution < 1.29 is 4.74 Å². The Morgan fingerprint density at radius 2 is 2.04 bits per heavy atom. The second kappa shape index (κ2) is 5.82. The van der Waals surface area contributed by atoms with Crippen molar-refractivity contribution >= 4 is 22.5 Å². The Balaban J connectivity index is 1.49. The SMILES string of the molecule is c1cn2cc(Cn3nnc4ncc(N5CCOCC5)cc43)ccc2n1. The van der Waals surface area contributed by atoms with Gasteiger partial charge in [0.15, 0.2) is 0 Å². The first-order chi connectivity index (χ1) is 12.4. The van der Waals surface area contributed by atoms with E-state index in [0.717, 1.165) is 48.7 Å². The number of rotatable bonds is 3. The average molecular weight is 335 g/mol. The van der Waals surface area contributed by atoms with Crippen LogP contribution in [0.4, 0.5) is 5.69 Å². The van der Waals surface area contributed by atoms with E-state index in [0.29, 0.717) is 12.2 Å². The molecule has 0 N–H and O–H groups in total. The van der Waals surface area contributed by atoms with E-state index in [4.69, 9.17) is 4.74 Å². The number of aromatic nitrogens is 6. The fourth-order valence-corrected chi connectivity index (χ4v) is 3.19. The highest BCUT2D eigenvalue weighted by Crippen LogP contribution is 2.20. The van der Waals surface area contributed by atoms with Crippen molar-refractivity contribution in [2.45, 2.75) is 6.54 Å². The third kappa shape index (κ3) is 2.60. The zero-order valence-corrected chi connectivity index (χ0v) is 13.6. The van der Waals surface area contributed by atoms with Crippen LogP contribution in [0.2, 0.25) is 0 Å². The molecule has 0 radical (unpaired) electrons. The summed E-state index contributed by atoms with van der Waals surface area (Å²) in [7, 11) is 0. The summed E-state index contributed by atoms with van der Waals surface area (Å²) in [5.74, 6) is 0. The summed E-state index contributed by atoms with van der Waals surface area (Å²) >= 11 is 0. The van der Waals surface area contributed by atoms with E-state index in [2.05, 4.69) is 43.5 Å². The molecule has 4 aromatic rings. The number of anilines is 1. The van der Waals surface area contributed by atoms with Crippen LogP contribution in [-0.4, -0.2) is 55.7 Å². The van der Waals surface area contributed by atoms with Gasteiger partial charge in [0.25, 0.3) is 0 Å². The van der Waals surface area contributed by atoms with E-state index in [1.54, 1.807) is 6.20 Å². The molecule has 5 heterocycles. The molecule has 0 atom stereocenters. The standard InChI is InChI=1S/C17H17N7O/c1-2-16-18-3-4-23(16)11-13(1)12-24-15-9-14(10-19-17(15)20-21-24)22-5-7-25-8-6-22/h1-4,9-11H,5-8,12H2. The predicted octanol–water partition coefficient (Wildman–Crippen LogP) is 1.36. The van der Waals surface area contributed by atoms with Crippen molar-refractivity contribution in [2.24, 2.45) is 0 Å². The largest absolute Gasteiger partial charge is 0.378 e. The van der Waals surface area contributed by atoms with Gasteiger partial charge in [-0.25, -0.2) is 14.6 Å². The molecule has 4 aromatic heterocycles. The molecule has 1 saturated heterocycles. The van der Waals surface area contributed by atoms with Crippen LogP contribution in [0.1, 0.15) is 5.56 Å². The molecule has 0 saturated carbocycles. The van der Waals surface area contributed by atoms with Gasteiger partial charge in [0.05, 0.1) is 31.6 Å². The molecule has 1 fully saturated rings. The fourth-order valence-electron chi connectivity index (χ4n) is 3.19. The Hall–Kier alpha value is -3.00. The third-order valence-electron chi connectivity index (χ3n) is 4.52. The minimum atomic E-state index is 0.638. The van der Waals surface area contributed by atoms with E-state index < -0.39 is 0 Å². The number of imidazole rings is 1. The predicted molar refractivity (Wildman–Crippen MR) is 92.6 cm³/mol. The van der Waals surface area contributed by atoms with Gasteiger partial charge in [0.2, 0.25) is 5.65 Å². The Bertz CT molecular complexity index is 1030. The highest BCUT2D eigenvalue weighted by molar-refractivity contribution is 5.74. The van der Waals surface area contributed by atoms with Crippen molar-refractivity contribution in [3.63, 3.8) is 0 Å².